The van der Waals surface area contributed by atoms with Crippen molar-refractivity contribution in [1.82, 2.24) is 0 Å². The molecule has 0 amide bonds. The van der Waals surface area contributed by atoms with Gasteiger partial charge < -0.3 is 79.1 Å². The van der Waals surface area contributed by atoms with Crippen LogP contribution in [0.4, 0.5) is 0 Å². The molecule has 3 heterocycles. The lowest BCUT2D eigenvalue weighted by atomic mass is 9.86. The second-order valence-corrected chi connectivity index (χ2v) is 11.5. The predicted octanol–water partition coefficient (Wildman–Crippen LogP) is -3.54. The van der Waals surface area contributed by atoms with Gasteiger partial charge in [0, 0.05) is 17.9 Å². The van der Waals surface area contributed by atoms with E-state index in [1.54, 1.807) is 12.1 Å². The highest BCUT2D eigenvalue weighted by Gasteiger charge is 2.52. The summed E-state index contributed by atoms with van der Waals surface area (Å²) in [5.74, 6) is -2.69. The number of aliphatic hydroxyl groups excluding tert-OH is 8. The van der Waals surface area contributed by atoms with E-state index >= 15 is 0 Å². The van der Waals surface area contributed by atoms with E-state index in [-0.39, 0.29) is 23.5 Å². The van der Waals surface area contributed by atoms with Crippen LogP contribution in [0.3, 0.4) is 0 Å². The second kappa shape index (κ2) is 17.6. The molecular weight excluding hydrogens is 660 g/mol. The van der Waals surface area contributed by atoms with Gasteiger partial charge in [-0.05, 0) is 17.7 Å². The third kappa shape index (κ3) is 9.11. The van der Waals surface area contributed by atoms with Crippen molar-refractivity contribution in [3.63, 3.8) is 0 Å². The summed E-state index contributed by atoms with van der Waals surface area (Å²) in [6.07, 6.45) is -16.8. The Morgan fingerprint density at radius 1 is 0.837 bits per heavy atom. The number of ether oxygens (including phenoxy) is 7. The van der Waals surface area contributed by atoms with Crippen LogP contribution in [-0.2, 0) is 49.2 Å². The van der Waals surface area contributed by atoms with Gasteiger partial charge in [-0.25, -0.2) is 4.79 Å². The summed E-state index contributed by atoms with van der Waals surface area (Å²) in [6, 6.07) is 6.28. The minimum atomic E-state index is -1.91. The van der Waals surface area contributed by atoms with E-state index in [4.69, 9.17) is 33.2 Å². The number of aliphatic hydroxyl groups is 8. The van der Waals surface area contributed by atoms with Crippen LogP contribution in [0.1, 0.15) is 12.0 Å². The van der Waals surface area contributed by atoms with Gasteiger partial charge in [-0.3, -0.25) is 4.79 Å². The quantitative estimate of drug-likeness (QED) is 0.0711. The topological polar surface area (TPSA) is 281 Å². The number of phenolic OH excluding ortho intramolecular Hbond substituents is 1. The molecule has 2 fully saturated rings. The van der Waals surface area contributed by atoms with Gasteiger partial charge in [0.1, 0.15) is 54.6 Å². The van der Waals surface area contributed by atoms with Crippen molar-refractivity contribution in [2.45, 2.75) is 80.5 Å². The van der Waals surface area contributed by atoms with Crippen LogP contribution >= 0.6 is 0 Å². The summed E-state index contributed by atoms with van der Waals surface area (Å²) in [5.41, 5.74) is 0.653. The molecule has 0 spiro atoms. The van der Waals surface area contributed by atoms with Gasteiger partial charge in [0.2, 0.25) is 6.29 Å². The Morgan fingerprint density at radius 2 is 1.47 bits per heavy atom. The zero-order valence-corrected chi connectivity index (χ0v) is 26.3. The van der Waals surface area contributed by atoms with Gasteiger partial charge in [0.25, 0.3) is 0 Å². The number of hydrogen-bond acceptors (Lipinski definition) is 18. The average Bonchev–Trinajstić information content (AvgIpc) is 3.09. The van der Waals surface area contributed by atoms with Crippen LogP contribution in [-0.4, -0.2) is 159 Å². The van der Waals surface area contributed by atoms with E-state index < -0.39 is 112 Å². The molecule has 0 radical (unpaired) electrons. The molecule has 49 heavy (non-hydrogen) atoms. The molecule has 2 saturated heterocycles. The zero-order chi connectivity index (χ0) is 35.8. The van der Waals surface area contributed by atoms with E-state index in [0.29, 0.717) is 6.42 Å². The largest absolute Gasteiger partial charge is 0.508 e. The lowest BCUT2D eigenvalue weighted by molar-refractivity contribution is -0.378. The highest BCUT2D eigenvalue weighted by molar-refractivity contribution is 5.90. The average molecular weight is 703 g/mol. The molecule has 0 bridgehead atoms. The Labute approximate surface area is 279 Å². The minimum absolute atomic E-state index is 0.0113. The van der Waals surface area contributed by atoms with E-state index in [2.05, 4.69) is 0 Å². The molecule has 3 aliphatic heterocycles. The van der Waals surface area contributed by atoms with Crippen LogP contribution in [0.5, 0.6) is 5.75 Å². The fraction of sp³-hybridized carbons (Fsp3) is 0.613. The first kappa shape index (κ1) is 38.6. The summed E-state index contributed by atoms with van der Waals surface area (Å²) in [6.45, 7) is -2.26. The number of carbonyl (C=O) groups excluding carboxylic acids is 2. The smallest absolute Gasteiger partial charge is 0.337 e. The Kier molecular flexibility index (Phi) is 13.9. The Bertz CT molecular complexity index is 1300. The molecule has 0 aliphatic carbocycles. The standard InChI is InChI=1S/C31H42O18/c1-43-28(42)18-13-45-29(16(6-8-32)17(18)10-21(36)44-9-7-14-2-4-15(35)5-3-14)49-31-27(25(40)23(38)20(12-34)47-31)48-30-26(41)24(39)22(37)19(11-33)46-30/h2-6,13,17,19-20,22-27,29-35,37-41H,7-12H2,1H3. The van der Waals surface area contributed by atoms with Crippen LogP contribution in [0.25, 0.3) is 0 Å². The van der Waals surface area contributed by atoms with Crippen molar-refractivity contribution in [3.8, 4) is 5.75 Å². The van der Waals surface area contributed by atoms with Gasteiger partial charge in [-0.1, -0.05) is 18.2 Å². The summed E-state index contributed by atoms with van der Waals surface area (Å²) < 4.78 is 38.5. The van der Waals surface area contributed by atoms with Crippen LogP contribution in [0, 0.1) is 5.92 Å². The molecule has 18 heteroatoms. The normalized spacial score (nSPS) is 35.7. The molecule has 0 aromatic heterocycles. The van der Waals surface area contributed by atoms with Crippen molar-refractivity contribution in [1.29, 1.82) is 0 Å². The zero-order valence-electron chi connectivity index (χ0n) is 26.3. The Morgan fingerprint density at radius 3 is 2.08 bits per heavy atom. The molecule has 18 nitrogen and oxygen atoms in total. The van der Waals surface area contributed by atoms with Gasteiger partial charge in [-0.2, -0.15) is 0 Å². The van der Waals surface area contributed by atoms with E-state index in [9.17, 15) is 55.5 Å². The monoisotopic (exact) mass is 702 g/mol. The van der Waals surface area contributed by atoms with Gasteiger partial charge >= 0.3 is 11.9 Å². The molecule has 274 valence electrons. The fourth-order valence-electron chi connectivity index (χ4n) is 5.57. The molecule has 4 rings (SSSR count). The lowest BCUT2D eigenvalue weighted by Crippen LogP contribution is -2.65. The van der Waals surface area contributed by atoms with Crippen molar-refractivity contribution < 1.29 is 88.7 Å². The van der Waals surface area contributed by atoms with Gasteiger partial charge in [0.15, 0.2) is 12.6 Å². The lowest BCUT2D eigenvalue weighted by Gasteiger charge is -2.46. The summed E-state index contributed by atoms with van der Waals surface area (Å²) in [4.78, 5) is 25.7. The van der Waals surface area contributed by atoms with Crippen molar-refractivity contribution >= 4 is 11.9 Å². The first-order valence-electron chi connectivity index (χ1n) is 15.4. The molecule has 12 unspecified atom stereocenters. The molecule has 1 aromatic rings. The highest BCUT2D eigenvalue weighted by Crippen LogP contribution is 2.37. The summed E-state index contributed by atoms with van der Waals surface area (Å²) >= 11 is 0. The summed E-state index contributed by atoms with van der Waals surface area (Å²) in [5, 5.41) is 91.1. The first-order valence-corrected chi connectivity index (χ1v) is 15.4. The maximum atomic E-state index is 13.0. The fourth-order valence-corrected chi connectivity index (χ4v) is 5.57. The van der Waals surface area contributed by atoms with Crippen molar-refractivity contribution in [3.05, 3.63) is 53.3 Å². The summed E-state index contributed by atoms with van der Waals surface area (Å²) in [7, 11) is 1.10. The number of aromatic hydroxyl groups is 1. The predicted molar refractivity (Wildman–Crippen MR) is 159 cm³/mol. The van der Waals surface area contributed by atoms with E-state index in [1.165, 1.54) is 18.2 Å². The van der Waals surface area contributed by atoms with E-state index in [0.717, 1.165) is 18.9 Å². The van der Waals surface area contributed by atoms with Crippen LogP contribution < -0.4 is 0 Å². The van der Waals surface area contributed by atoms with Gasteiger partial charge in [-0.15, -0.1) is 0 Å². The molecule has 1 aromatic carbocycles. The number of methoxy groups -OCH3 is 1. The number of hydrogen-bond donors (Lipinski definition) is 9. The van der Waals surface area contributed by atoms with Gasteiger partial charge in [0.05, 0.1) is 51.8 Å². The number of carbonyl (C=O) groups is 2. The maximum Gasteiger partial charge on any atom is 0.337 e. The number of phenols is 1. The molecule has 0 saturated carbocycles. The van der Waals surface area contributed by atoms with Crippen molar-refractivity contribution in [2.75, 3.05) is 33.5 Å². The molecule has 9 N–H and O–H groups in total. The SMILES string of the molecule is COC(=O)C1=COC(OC2OC(CO)C(O)C(O)C2OC2OC(CO)C(O)C(O)C2O)C(=CCO)C1CC(=O)OCCc1ccc(O)cc1. The second-order valence-electron chi connectivity index (χ2n) is 11.5. The van der Waals surface area contributed by atoms with Crippen LogP contribution in [0.2, 0.25) is 0 Å². The molecule has 3 aliphatic rings. The number of esters is 2. The van der Waals surface area contributed by atoms with Crippen molar-refractivity contribution in [2.24, 2.45) is 5.92 Å². The van der Waals surface area contributed by atoms with Crippen LogP contribution in [0.15, 0.2) is 47.7 Å². The minimum Gasteiger partial charge on any atom is -0.508 e. The molecular formula is C31H42O18. The highest BCUT2D eigenvalue weighted by atomic mass is 16.8. The number of rotatable bonds is 13. The molecule has 12 atom stereocenters. The van der Waals surface area contributed by atoms with E-state index in [1.807, 2.05) is 0 Å². The number of benzene rings is 1. The Hall–Kier alpha value is -3.24. The first-order chi connectivity index (χ1) is 23.4. The third-order valence-corrected chi connectivity index (χ3v) is 8.30. The Balaban J connectivity index is 1.56. The maximum absolute atomic E-state index is 13.0. The third-order valence-electron chi connectivity index (χ3n) is 8.30.